The molecule has 0 spiro atoms. The fourth-order valence-corrected chi connectivity index (χ4v) is 8.53. The summed E-state index contributed by atoms with van der Waals surface area (Å²) in [7, 11) is 6.76. The van der Waals surface area contributed by atoms with Crippen LogP contribution in [-0.4, -0.2) is 55.9 Å². The van der Waals surface area contributed by atoms with Crippen LogP contribution < -0.4 is 0 Å². The molecule has 0 aromatic carbocycles. The zero-order chi connectivity index (χ0) is 20.1. The summed E-state index contributed by atoms with van der Waals surface area (Å²) in [5, 5.41) is 0. The monoisotopic (exact) mass is 388 g/mol. The van der Waals surface area contributed by atoms with E-state index in [-0.39, 0.29) is 0 Å². The molecule has 3 heteroatoms. The number of carbonyl (C=O) groups is 1. The number of carbonyl (C=O) groups excluding carboxylic acids is 1. The third-order valence-corrected chi connectivity index (χ3v) is 10.1. The van der Waals surface area contributed by atoms with Crippen molar-refractivity contribution in [1.29, 1.82) is 0 Å². The van der Waals surface area contributed by atoms with Gasteiger partial charge in [0.1, 0.15) is 5.78 Å². The molecule has 7 atom stereocenters. The van der Waals surface area contributed by atoms with Crippen LogP contribution in [0, 0.1) is 34.5 Å². The van der Waals surface area contributed by atoms with Gasteiger partial charge in [0.05, 0.1) is 0 Å². The SMILES string of the molecule is CN(C)CCCN(C)[C@H]1CC[C@H]2[C@@H]3CCC4CC(=O)CC[C@]4(C)[C@H]3CC[C@]12C. The average molecular weight is 389 g/mol. The Balaban J connectivity index is 1.47. The molecule has 4 aliphatic carbocycles. The molecule has 0 amide bonds. The first-order chi connectivity index (χ1) is 13.3. The smallest absolute Gasteiger partial charge is 0.133 e. The van der Waals surface area contributed by atoms with Crippen LogP contribution in [0.4, 0.5) is 0 Å². The summed E-state index contributed by atoms with van der Waals surface area (Å²) in [4.78, 5) is 17.1. The molecule has 0 bridgehead atoms. The Labute approximate surface area is 173 Å². The van der Waals surface area contributed by atoms with E-state index < -0.39 is 0 Å². The van der Waals surface area contributed by atoms with Gasteiger partial charge in [-0.2, -0.15) is 0 Å². The van der Waals surface area contributed by atoms with Crippen molar-refractivity contribution < 1.29 is 4.79 Å². The Morgan fingerprint density at radius 3 is 2.39 bits per heavy atom. The standard InChI is InChI=1S/C25H44N2O/c1-24-13-11-19(28)17-18(24)7-8-20-21-9-10-23(25(21,2)14-12-22(20)24)27(5)16-6-15-26(3)4/h18,20-23H,6-17H2,1-5H3/t18?,20-,21-,22-,23-,24-,25-/m0/s1. The van der Waals surface area contributed by atoms with Gasteiger partial charge in [-0.3, -0.25) is 4.79 Å². The minimum Gasteiger partial charge on any atom is -0.309 e. The van der Waals surface area contributed by atoms with Gasteiger partial charge in [-0.15, -0.1) is 0 Å². The Kier molecular flexibility index (Phi) is 5.72. The van der Waals surface area contributed by atoms with E-state index in [0.717, 1.165) is 36.6 Å². The minimum absolute atomic E-state index is 0.452. The maximum atomic E-state index is 12.1. The molecule has 0 aromatic rings. The van der Waals surface area contributed by atoms with E-state index in [0.29, 0.717) is 22.5 Å². The summed E-state index contributed by atoms with van der Waals surface area (Å²) in [6, 6.07) is 0.777. The highest BCUT2D eigenvalue weighted by molar-refractivity contribution is 5.79. The molecule has 0 N–H and O–H groups in total. The molecule has 0 radical (unpaired) electrons. The molecule has 4 saturated carbocycles. The summed E-state index contributed by atoms with van der Waals surface area (Å²) in [6.07, 6.45) is 12.6. The van der Waals surface area contributed by atoms with E-state index in [2.05, 4.69) is 44.8 Å². The lowest BCUT2D eigenvalue weighted by Crippen LogP contribution is -2.55. The predicted molar refractivity (Wildman–Crippen MR) is 116 cm³/mol. The van der Waals surface area contributed by atoms with Gasteiger partial charge in [-0.05, 0) is 120 Å². The first kappa shape index (κ1) is 20.8. The highest BCUT2D eigenvalue weighted by Gasteiger charge is 2.60. The van der Waals surface area contributed by atoms with Gasteiger partial charge in [0, 0.05) is 18.9 Å². The van der Waals surface area contributed by atoms with Crippen LogP contribution in [0.15, 0.2) is 0 Å². The average Bonchev–Trinajstić information content (AvgIpc) is 2.99. The predicted octanol–water partition coefficient (Wildman–Crippen LogP) is 4.85. The topological polar surface area (TPSA) is 23.6 Å². The number of hydrogen-bond donors (Lipinski definition) is 0. The van der Waals surface area contributed by atoms with Crippen molar-refractivity contribution in [3.8, 4) is 0 Å². The zero-order valence-corrected chi connectivity index (χ0v) is 19.2. The van der Waals surface area contributed by atoms with E-state index in [4.69, 9.17) is 0 Å². The third-order valence-electron chi connectivity index (χ3n) is 10.1. The van der Waals surface area contributed by atoms with Crippen molar-refractivity contribution in [2.24, 2.45) is 34.5 Å². The highest BCUT2D eigenvalue weighted by atomic mass is 16.1. The van der Waals surface area contributed by atoms with E-state index in [1.807, 2.05) is 0 Å². The van der Waals surface area contributed by atoms with Gasteiger partial charge in [0.25, 0.3) is 0 Å². The van der Waals surface area contributed by atoms with Crippen LogP contribution in [0.5, 0.6) is 0 Å². The number of fused-ring (bicyclic) bond motifs is 5. The van der Waals surface area contributed by atoms with Gasteiger partial charge in [0.15, 0.2) is 0 Å². The molecule has 0 aromatic heterocycles. The largest absolute Gasteiger partial charge is 0.309 e. The van der Waals surface area contributed by atoms with Crippen LogP contribution in [0.3, 0.4) is 0 Å². The number of ketones is 1. The fraction of sp³-hybridized carbons (Fsp3) is 0.960. The lowest BCUT2D eigenvalue weighted by molar-refractivity contribution is -0.140. The molecule has 4 rings (SSSR count). The molecule has 28 heavy (non-hydrogen) atoms. The summed E-state index contributed by atoms with van der Waals surface area (Å²) < 4.78 is 0. The summed E-state index contributed by atoms with van der Waals surface area (Å²) in [5.41, 5.74) is 0.968. The van der Waals surface area contributed by atoms with Crippen molar-refractivity contribution in [2.75, 3.05) is 34.2 Å². The molecule has 4 fully saturated rings. The maximum Gasteiger partial charge on any atom is 0.133 e. The first-order valence-electron chi connectivity index (χ1n) is 12.1. The molecule has 0 aliphatic heterocycles. The lowest BCUT2D eigenvalue weighted by atomic mass is 9.45. The maximum absolute atomic E-state index is 12.1. The molecule has 0 saturated heterocycles. The summed E-state index contributed by atoms with van der Waals surface area (Å²) in [5.74, 6) is 3.96. The van der Waals surface area contributed by atoms with Crippen molar-refractivity contribution in [2.45, 2.75) is 84.1 Å². The van der Waals surface area contributed by atoms with E-state index in [9.17, 15) is 4.79 Å². The number of rotatable bonds is 5. The third kappa shape index (κ3) is 3.39. The van der Waals surface area contributed by atoms with Gasteiger partial charge in [-0.25, -0.2) is 0 Å². The minimum atomic E-state index is 0.452. The second-order valence-electron chi connectivity index (χ2n) is 11.7. The number of nitrogens with zero attached hydrogens (tertiary/aromatic N) is 2. The quantitative estimate of drug-likeness (QED) is 0.672. The molecule has 3 nitrogen and oxygen atoms in total. The summed E-state index contributed by atoms with van der Waals surface area (Å²) in [6.45, 7) is 7.65. The Bertz CT molecular complexity index is 589. The van der Waals surface area contributed by atoms with Crippen LogP contribution in [0.1, 0.15) is 78.1 Å². The molecule has 0 heterocycles. The van der Waals surface area contributed by atoms with Gasteiger partial charge in [0.2, 0.25) is 0 Å². The van der Waals surface area contributed by atoms with Gasteiger partial charge in [-0.1, -0.05) is 13.8 Å². The molecule has 4 aliphatic rings. The van der Waals surface area contributed by atoms with E-state index in [1.165, 1.54) is 64.5 Å². The normalized spacial score (nSPS) is 45.8. The van der Waals surface area contributed by atoms with Crippen LogP contribution in [-0.2, 0) is 4.79 Å². The fourth-order valence-electron chi connectivity index (χ4n) is 8.53. The molecule has 160 valence electrons. The Morgan fingerprint density at radius 2 is 1.64 bits per heavy atom. The van der Waals surface area contributed by atoms with Crippen LogP contribution in [0.2, 0.25) is 0 Å². The van der Waals surface area contributed by atoms with E-state index >= 15 is 0 Å². The van der Waals surface area contributed by atoms with Crippen molar-refractivity contribution in [1.82, 2.24) is 9.80 Å². The Hall–Kier alpha value is -0.410. The Morgan fingerprint density at radius 1 is 0.893 bits per heavy atom. The van der Waals surface area contributed by atoms with E-state index in [1.54, 1.807) is 0 Å². The zero-order valence-electron chi connectivity index (χ0n) is 19.2. The lowest BCUT2D eigenvalue weighted by Gasteiger charge is -2.60. The van der Waals surface area contributed by atoms with Crippen LogP contribution in [0.25, 0.3) is 0 Å². The highest BCUT2D eigenvalue weighted by Crippen LogP contribution is 2.66. The molecular weight excluding hydrogens is 344 g/mol. The second kappa shape index (κ2) is 7.69. The summed E-state index contributed by atoms with van der Waals surface area (Å²) >= 11 is 0. The number of hydrogen-bond acceptors (Lipinski definition) is 3. The van der Waals surface area contributed by atoms with Gasteiger partial charge >= 0.3 is 0 Å². The second-order valence-corrected chi connectivity index (χ2v) is 11.7. The van der Waals surface area contributed by atoms with Crippen molar-refractivity contribution >= 4 is 5.78 Å². The molecule has 1 unspecified atom stereocenters. The molecular formula is C25H44N2O. The van der Waals surface area contributed by atoms with Crippen molar-refractivity contribution in [3.63, 3.8) is 0 Å². The van der Waals surface area contributed by atoms with Crippen LogP contribution >= 0.6 is 0 Å². The number of Topliss-reactive ketones (excluding diaryl/α,β-unsaturated/α-hetero) is 1. The van der Waals surface area contributed by atoms with Crippen molar-refractivity contribution in [3.05, 3.63) is 0 Å². The van der Waals surface area contributed by atoms with Gasteiger partial charge < -0.3 is 9.80 Å². The first-order valence-corrected chi connectivity index (χ1v) is 12.1.